The highest BCUT2D eigenvalue weighted by Gasteiger charge is 2.29. The van der Waals surface area contributed by atoms with Crippen LogP contribution in [-0.4, -0.2) is 164 Å². The van der Waals surface area contributed by atoms with Crippen molar-refractivity contribution in [1.29, 1.82) is 0 Å². The van der Waals surface area contributed by atoms with Gasteiger partial charge in [-0.25, -0.2) is 4.79 Å². The van der Waals surface area contributed by atoms with Crippen molar-refractivity contribution in [2.45, 2.75) is 64.2 Å². The van der Waals surface area contributed by atoms with Crippen molar-refractivity contribution in [2.75, 3.05) is 152 Å². The van der Waals surface area contributed by atoms with Crippen LogP contribution in [0.4, 0.5) is 4.79 Å². The van der Waals surface area contributed by atoms with Gasteiger partial charge in [0.25, 0.3) is 0 Å². The molecule has 0 aromatic heterocycles. The summed E-state index contributed by atoms with van der Waals surface area (Å²) in [5.74, 6) is -0.102. The van der Waals surface area contributed by atoms with Crippen LogP contribution in [-0.2, 0) is 61.6 Å². The second-order valence-corrected chi connectivity index (χ2v) is 14.5. The van der Waals surface area contributed by atoms with Crippen LogP contribution in [0.1, 0.15) is 75.3 Å². The Morgan fingerprint density at radius 1 is 0.435 bits per heavy atom. The topological polar surface area (TPSA) is 157 Å². The summed E-state index contributed by atoms with van der Waals surface area (Å²) >= 11 is 0. The summed E-state index contributed by atoms with van der Waals surface area (Å²) in [6.45, 7) is 12.8. The highest BCUT2D eigenvalue weighted by Crippen LogP contribution is 2.44. The van der Waals surface area contributed by atoms with Crippen molar-refractivity contribution in [3.63, 3.8) is 0 Å². The minimum atomic E-state index is -0.418. The van der Waals surface area contributed by atoms with Gasteiger partial charge in [-0.15, -0.1) is 0 Å². The predicted molar refractivity (Wildman–Crippen MR) is 235 cm³/mol. The SMILES string of the molecule is CCCCCCCCC(=O)OCCOCCOCCOCCOCCOCCOCCOCCOCCOCCOCCCNC(=O)OCC1c2ccccc2-c2ccccc21. The van der Waals surface area contributed by atoms with E-state index in [1.807, 2.05) is 24.3 Å². The molecule has 0 heterocycles. The molecule has 0 aliphatic heterocycles. The fourth-order valence-electron chi connectivity index (χ4n) is 6.43. The molecule has 2 aromatic carbocycles. The van der Waals surface area contributed by atoms with Gasteiger partial charge in [-0.1, -0.05) is 87.6 Å². The van der Waals surface area contributed by atoms with E-state index in [2.05, 4.69) is 36.5 Å². The molecule has 1 amide bonds. The molecular formula is C47H75NO14. The highest BCUT2D eigenvalue weighted by molar-refractivity contribution is 5.79. The zero-order valence-corrected chi connectivity index (χ0v) is 37.3. The van der Waals surface area contributed by atoms with E-state index in [9.17, 15) is 9.59 Å². The lowest BCUT2D eigenvalue weighted by atomic mass is 9.98. The predicted octanol–water partition coefficient (Wildman–Crippen LogP) is 6.38. The molecule has 0 saturated heterocycles. The zero-order chi connectivity index (χ0) is 43.8. The van der Waals surface area contributed by atoms with Crippen LogP contribution < -0.4 is 5.32 Å². The Balaban J connectivity index is 0.921. The number of carbonyl (C=O) groups is 2. The quantitative estimate of drug-likeness (QED) is 0.0579. The molecule has 3 rings (SSSR count). The summed E-state index contributed by atoms with van der Waals surface area (Å²) in [5, 5.41) is 2.81. The number of esters is 1. The van der Waals surface area contributed by atoms with Crippen LogP contribution in [0.3, 0.4) is 0 Å². The van der Waals surface area contributed by atoms with Gasteiger partial charge in [0.1, 0.15) is 13.2 Å². The van der Waals surface area contributed by atoms with E-state index >= 15 is 0 Å². The molecule has 0 spiro atoms. The standard InChI is InChI=1S/C47H75NO14/c1-2-3-4-5-6-7-17-46(49)61-39-38-60-37-36-59-35-34-58-33-32-57-31-30-56-29-28-55-27-26-54-25-24-53-23-22-52-21-20-51-19-12-18-48-47(50)62-40-45-43-15-10-8-13-41(43)42-14-9-11-16-44(42)45/h8-11,13-16,45H,2-7,12,17-40H2,1H3,(H,48,50). The Labute approximate surface area is 369 Å². The van der Waals surface area contributed by atoms with Crippen LogP contribution in [0.15, 0.2) is 48.5 Å². The molecule has 15 heteroatoms. The van der Waals surface area contributed by atoms with Crippen molar-refractivity contribution >= 4 is 12.1 Å². The molecule has 15 nitrogen and oxygen atoms in total. The maximum Gasteiger partial charge on any atom is 0.407 e. The highest BCUT2D eigenvalue weighted by atomic mass is 16.6. The normalized spacial score (nSPS) is 12.1. The molecule has 1 aliphatic carbocycles. The number of ether oxygens (including phenoxy) is 12. The lowest BCUT2D eigenvalue weighted by molar-refractivity contribution is -0.145. The van der Waals surface area contributed by atoms with E-state index in [1.165, 1.54) is 47.9 Å². The van der Waals surface area contributed by atoms with Gasteiger partial charge < -0.3 is 62.2 Å². The number of fused-ring (bicyclic) bond motifs is 3. The molecular weight excluding hydrogens is 803 g/mol. The number of amides is 1. The monoisotopic (exact) mass is 878 g/mol. The number of rotatable bonds is 43. The van der Waals surface area contributed by atoms with Crippen molar-refractivity contribution in [2.24, 2.45) is 0 Å². The Bertz CT molecular complexity index is 1340. The van der Waals surface area contributed by atoms with Crippen molar-refractivity contribution in [3.8, 4) is 11.1 Å². The van der Waals surface area contributed by atoms with Gasteiger partial charge in [-0.05, 0) is 35.1 Å². The molecule has 0 radical (unpaired) electrons. The van der Waals surface area contributed by atoms with Crippen molar-refractivity contribution in [3.05, 3.63) is 59.7 Å². The third kappa shape index (κ3) is 26.4. The van der Waals surface area contributed by atoms with E-state index in [4.69, 9.17) is 56.8 Å². The number of unbranched alkanes of at least 4 members (excludes halogenated alkanes) is 5. The summed E-state index contributed by atoms with van der Waals surface area (Å²) in [6, 6.07) is 16.6. The summed E-state index contributed by atoms with van der Waals surface area (Å²) in [6.07, 6.45) is 7.65. The number of nitrogens with one attached hydrogen (secondary N) is 1. The molecule has 0 fully saturated rings. The average Bonchev–Trinajstić information content (AvgIpc) is 3.61. The molecule has 0 atom stereocenters. The van der Waals surface area contributed by atoms with Gasteiger partial charge >= 0.3 is 12.1 Å². The molecule has 352 valence electrons. The van der Waals surface area contributed by atoms with Gasteiger partial charge in [-0.3, -0.25) is 4.79 Å². The Morgan fingerprint density at radius 3 is 1.24 bits per heavy atom. The first-order valence-corrected chi connectivity index (χ1v) is 22.7. The first-order valence-electron chi connectivity index (χ1n) is 22.7. The molecule has 0 bridgehead atoms. The van der Waals surface area contributed by atoms with E-state index in [-0.39, 0.29) is 18.5 Å². The number of carbonyl (C=O) groups excluding carboxylic acids is 2. The summed E-state index contributed by atoms with van der Waals surface area (Å²) in [7, 11) is 0. The molecule has 62 heavy (non-hydrogen) atoms. The van der Waals surface area contributed by atoms with Crippen LogP contribution in [0.2, 0.25) is 0 Å². The third-order valence-electron chi connectivity index (χ3n) is 9.65. The molecule has 1 aliphatic rings. The average molecular weight is 878 g/mol. The lowest BCUT2D eigenvalue weighted by Crippen LogP contribution is -2.27. The second-order valence-electron chi connectivity index (χ2n) is 14.5. The van der Waals surface area contributed by atoms with E-state index in [0.29, 0.717) is 158 Å². The first-order chi connectivity index (χ1) is 30.7. The maximum absolute atomic E-state index is 12.3. The summed E-state index contributed by atoms with van der Waals surface area (Å²) in [5.41, 5.74) is 4.80. The molecule has 1 N–H and O–H groups in total. The smallest absolute Gasteiger partial charge is 0.407 e. The third-order valence-corrected chi connectivity index (χ3v) is 9.65. The lowest BCUT2D eigenvalue weighted by Gasteiger charge is -2.14. The van der Waals surface area contributed by atoms with Gasteiger partial charge in [0.2, 0.25) is 0 Å². The number of hydrogen-bond acceptors (Lipinski definition) is 14. The number of alkyl carbamates (subject to hydrolysis) is 1. The molecule has 2 aromatic rings. The maximum atomic E-state index is 12.3. The zero-order valence-electron chi connectivity index (χ0n) is 37.3. The van der Waals surface area contributed by atoms with Gasteiger partial charge in [0.05, 0.1) is 126 Å². The van der Waals surface area contributed by atoms with Crippen molar-refractivity contribution < 1.29 is 66.4 Å². The minimum absolute atomic E-state index is 0.0461. The molecule has 0 unspecified atom stereocenters. The Kier molecular flexibility index (Phi) is 32.8. The Hall–Kier alpha value is -3.22. The van der Waals surface area contributed by atoms with Crippen LogP contribution in [0, 0.1) is 0 Å². The van der Waals surface area contributed by atoms with E-state index in [1.54, 1.807) is 0 Å². The van der Waals surface area contributed by atoms with Gasteiger partial charge in [0, 0.05) is 25.5 Å². The van der Waals surface area contributed by atoms with Gasteiger partial charge in [-0.2, -0.15) is 0 Å². The van der Waals surface area contributed by atoms with Crippen LogP contribution >= 0.6 is 0 Å². The number of hydrogen-bond donors (Lipinski definition) is 1. The van der Waals surface area contributed by atoms with E-state index < -0.39 is 6.09 Å². The van der Waals surface area contributed by atoms with Crippen LogP contribution in [0.25, 0.3) is 11.1 Å². The minimum Gasteiger partial charge on any atom is -0.463 e. The summed E-state index contributed by atoms with van der Waals surface area (Å²) < 4.78 is 65.9. The van der Waals surface area contributed by atoms with E-state index in [0.717, 1.165) is 12.8 Å². The first kappa shape index (κ1) is 53.1. The van der Waals surface area contributed by atoms with Crippen molar-refractivity contribution in [1.82, 2.24) is 5.32 Å². The molecule has 0 saturated carbocycles. The second kappa shape index (κ2) is 38.3. The number of benzene rings is 2. The van der Waals surface area contributed by atoms with Crippen LogP contribution in [0.5, 0.6) is 0 Å². The Morgan fingerprint density at radius 2 is 0.806 bits per heavy atom. The summed E-state index contributed by atoms with van der Waals surface area (Å²) in [4.78, 5) is 24.0. The fourth-order valence-corrected chi connectivity index (χ4v) is 6.43. The fraction of sp³-hybridized carbons (Fsp3) is 0.702. The van der Waals surface area contributed by atoms with Gasteiger partial charge in [0.15, 0.2) is 0 Å². The largest absolute Gasteiger partial charge is 0.463 e.